The molecule has 2 saturated heterocycles. The van der Waals surface area contributed by atoms with Crippen molar-refractivity contribution in [2.24, 2.45) is 0 Å². The standard InChI is InChI=1S/C21H22O7/c1-12(22)13-7-9-15(10-8-13)26-21-18(24)17(23)19-16(27-21)11-25-20(28-19)14-5-3-2-4-6-14/h2-10,16-21,23-24H,11H2,1H3/t16-,17-,18-,19-,20+,21-/m1/s1. The van der Waals surface area contributed by atoms with E-state index in [1.165, 1.54) is 6.92 Å². The highest BCUT2D eigenvalue weighted by molar-refractivity contribution is 5.94. The van der Waals surface area contributed by atoms with Crippen LogP contribution in [0.15, 0.2) is 54.6 Å². The fourth-order valence-corrected chi connectivity index (χ4v) is 3.36. The van der Waals surface area contributed by atoms with Crippen LogP contribution in [0.5, 0.6) is 5.75 Å². The van der Waals surface area contributed by atoms with Gasteiger partial charge in [0.2, 0.25) is 6.29 Å². The van der Waals surface area contributed by atoms with Crippen LogP contribution in [-0.2, 0) is 14.2 Å². The molecule has 148 valence electrons. The predicted molar refractivity (Wildman–Crippen MR) is 97.8 cm³/mol. The van der Waals surface area contributed by atoms with Crippen molar-refractivity contribution in [1.82, 2.24) is 0 Å². The lowest BCUT2D eigenvalue weighted by atomic mass is 9.98. The molecule has 2 heterocycles. The summed E-state index contributed by atoms with van der Waals surface area (Å²) in [5.74, 6) is 0.364. The molecule has 2 fully saturated rings. The lowest BCUT2D eigenvalue weighted by Gasteiger charge is -2.46. The first-order valence-corrected chi connectivity index (χ1v) is 9.14. The second-order valence-corrected chi connectivity index (χ2v) is 6.90. The van der Waals surface area contributed by atoms with Crippen LogP contribution in [0.3, 0.4) is 0 Å². The van der Waals surface area contributed by atoms with Gasteiger partial charge in [-0.2, -0.15) is 0 Å². The van der Waals surface area contributed by atoms with Crippen LogP contribution in [0, 0.1) is 0 Å². The molecule has 0 spiro atoms. The Morgan fingerprint density at radius 2 is 1.71 bits per heavy atom. The zero-order chi connectivity index (χ0) is 19.7. The largest absolute Gasteiger partial charge is 0.462 e. The molecule has 4 rings (SSSR count). The minimum absolute atomic E-state index is 0.0526. The summed E-state index contributed by atoms with van der Waals surface area (Å²) >= 11 is 0. The van der Waals surface area contributed by atoms with Crippen LogP contribution in [0.25, 0.3) is 0 Å². The minimum Gasteiger partial charge on any atom is -0.462 e. The number of aliphatic hydroxyl groups excluding tert-OH is 2. The van der Waals surface area contributed by atoms with Gasteiger partial charge in [0.05, 0.1) is 6.61 Å². The molecule has 2 aromatic carbocycles. The molecular formula is C21H22O7. The Bertz CT molecular complexity index is 805. The molecule has 0 amide bonds. The van der Waals surface area contributed by atoms with Crippen molar-refractivity contribution in [3.63, 3.8) is 0 Å². The van der Waals surface area contributed by atoms with E-state index in [1.54, 1.807) is 24.3 Å². The predicted octanol–water partition coefficient (Wildman–Crippen LogP) is 1.83. The SMILES string of the molecule is CC(=O)c1ccc(O[C@@H]2O[C@@H]3CO[C@H](c4ccccc4)O[C@H]3[C@H](O)[C@H]2O)cc1. The Balaban J connectivity index is 1.43. The van der Waals surface area contributed by atoms with Gasteiger partial charge >= 0.3 is 0 Å². The highest BCUT2D eigenvalue weighted by atomic mass is 16.8. The molecule has 0 radical (unpaired) electrons. The first-order chi connectivity index (χ1) is 13.5. The van der Waals surface area contributed by atoms with Crippen molar-refractivity contribution in [3.8, 4) is 5.75 Å². The average Bonchev–Trinajstić information content (AvgIpc) is 2.72. The number of ketones is 1. The lowest BCUT2D eigenvalue weighted by Crippen LogP contribution is -2.62. The van der Waals surface area contributed by atoms with E-state index in [4.69, 9.17) is 18.9 Å². The van der Waals surface area contributed by atoms with Crippen molar-refractivity contribution in [2.45, 2.75) is 43.9 Å². The van der Waals surface area contributed by atoms with Gasteiger partial charge in [-0.3, -0.25) is 4.79 Å². The molecular weight excluding hydrogens is 364 g/mol. The first-order valence-electron chi connectivity index (χ1n) is 9.14. The van der Waals surface area contributed by atoms with Crippen molar-refractivity contribution in [3.05, 3.63) is 65.7 Å². The van der Waals surface area contributed by atoms with Gasteiger partial charge in [-0.15, -0.1) is 0 Å². The van der Waals surface area contributed by atoms with Crippen LogP contribution in [0.4, 0.5) is 0 Å². The molecule has 2 aliphatic rings. The molecule has 0 saturated carbocycles. The summed E-state index contributed by atoms with van der Waals surface area (Å²) in [6, 6.07) is 15.9. The fraction of sp³-hybridized carbons (Fsp3) is 0.381. The van der Waals surface area contributed by atoms with E-state index in [1.807, 2.05) is 30.3 Å². The number of fused-ring (bicyclic) bond motifs is 1. The van der Waals surface area contributed by atoms with Gasteiger partial charge in [0.25, 0.3) is 0 Å². The summed E-state index contributed by atoms with van der Waals surface area (Å²) in [4.78, 5) is 11.4. The number of carbonyl (C=O) groups excluding carboxylic acids is 1. The average molecular weight is 386 g/mol. The zero-order valence-corrected chi connectivity index (χ0v) is 15.3. The summed E-state index contributed by atoms with van der Waals surface area (Å²) in [6.45, 7) is 1.67. The maximum absolute atomic E-state index is 11.4. The fourth-order valence-electron chi connectivity index (χ4n) is 3.36. The number of Topliss-reactive ketones (excluding diaryl/α,β-unsaturated/α-hetero) is 1. The quantitative estimate of drug-likeness (QED) is 0.774. The Morgan fingerprint density at radius 1 is 1.00 bits per heavy atom. The van der Waals surface area contributed by atoms with Crippen LogP contribution in [-0.4, -0.2) is 53.3 Å². The third-order valence-electron chi connectivity index (χ3n) is 4.92. The summed E-state index contributed by atoms with van der Waals surface area (Å²) in [7, 11) is 0. The van der Waals surface area contributed by atoms with E-state index in [0.29, 0.717) is 11.3 Å². The number of rotatable bonds is 4. The van der Waals surface area contributed by atoms with Gasteiger partial charge in [-0.25, -0.2) is 0 Å². The van der Waals surface area contributed by atoms with Crippen molar-refractivity contribution >= 4 is 5.78 Å². The molecule has 28 heavy (non-hydrogen) atoms. The molecule has 0 bridgehead atoms. The monoisotopic (exact) mass is 386 g/mol. The van der Waals surface area contributed by atoms with Crippen LogP contribution in [0.1, 0.15) is 29.1 Å². The number of carbonyl (C=O) groups is 1. The second-order valence-electron chi connectivity index (χ2n) is 6.90. The van der Waals surface area contributed by atoms with Crippen molar-refractivity contribution in [1.29, 1.82) is 0 Å². The number of hydrogen-bond donors (Lipinski definition) is 2. The minimum atomic E-state index is -1.30. The van der Waals surface area contributed by atoms with E-state index in [9.17, 15) is 15.0 Å². The first kappa shape index (κ1) is 19.0. The molecule has 7 nitrogen and oxygen atoms in total. The summed E-state index contributed by atoms with van der Waals surface area (Å²) in [5, 5.41) is 21.0. The molecule has 2 N–H and O–H groups in total. The second kappa shape index (κ2) is 7.98. The molecule has 0 aromatic heterocycles. The van der Waals surface area contributed by atoms with Crippen molar-refractivity contribution < 1.29 is 34.0 Å². The zero-order valence-electron chi connectivity index (χ0n) is 15.3. The van der Waals surface area contributed by atoms with Gasteiger partial charge in [0.1, 0.15) is 30.2 Å². The highest BCUT2D eigenvalue weighted by Crippen LogP contribution is 2.34. The molecule has 7 heteroatoms. The lowest BCUT2D eigenvalue weighted by molar-refractivity contribution is -0.350. The van der Waals surface area contributed by atoms with Crippen molar-refractivity contribution in [2.75, 3.05) is 6.61 Å². The van der Waals surface area contributed by atoms with Gasteiger partial charge in [-0.1, -0.05) is 30.3 Å². The number of ether oxygens (including phenoxy) is 4. The smallest absolute Gasteiger partial charge is 0.229 e. The summed E-state index contributed by atoms with van der Waals surface area (Å²) < 4.78 is 23.0. The molecule has 6 atom stereocenters. The van der Waals surface area contributed by atoms with Gasteiger partial charge < -0.3 is 29.2 Å². The van der Waals surface area contributed by atoms with Gasteiger partial charge in [0.15, 0.2) is 12.1 Å². The normalized spacial score (nSPS) is 32.4. The molecule has 2 aliphatic heterocycles. The summed E-state index contributed by atoms with van der Waals surface area (Å²) in [6.07, 6.45) is -5.54. The maximum Gasteiger partial charge on any atom is 0.229 e. The Kier molecular flexibility index (Phi) is 5.43. The Morgan fingerprint density at radius 3 is 2.39 bits per heavy atom. The molecule has 0 unspecified atom stereocenters. The van der Waals surface area contributed by atoms with E-state index in [2.05, 4.69) is 0 Å². The number of aliphatic hydroxyl groups is 2. The van der Waals surface area contributed by atoms with Gasteiger partial charge in [0, 0.05) is 11.1 Å². The third-order valence-corrected chi connectivity index (χ3v) is 4.92. The number of hydrogen-bond acceptors (Lipinski definition) is 7. The van der Waals surface area contributed by atoms with E-state index in [0.717, 1.165) is 5.56 Å². The maximum atomic E-state index is 11.4. The molecule has 2 aromatic rings. The van der Waals surface area contributed by atoms with Crippen LogP contribution < -0.4 is 4.74 Å². The molecule has 0 aliphatic carbocycles. The highest BCUT2D eigenvalue weighted by Gasteiger charge is 2.49. The van der Waals surface area contributed by atoms with Gasteiger partial charge in [-0.05, 0) is 31.2 Å². The Hall–Kier alpha value is -2.29. The Labute approximate surface area is 162 Å². The number of benzene rings is 2. The van der Waals surface area contributed by atoms with E-state index >= 15 is 0 Å². The summed E-state index contributed by atoms with van der Waals surface area (Å²) in [5.41, 5.74) is 1.38. The van der Waals surface area contributed by atoms with Crippen LogP contribution in [0.2, 0.25) is 0 Å². The van der Waals surface area contributed by atoms with E-state index < -0.39 is 37.0 Å². The topological polar surface area (TPSA) is 94.5 Å². The van der Waals surface area contributed by atoms with Crippen LogP contribution >= 0.6 is 0 Å². The third kappa shape index (κ3) is 3.80. The van der Waals surface area contributed by atoms with E-state index in [-0.39, 0.29) is 12.4 Å².